The third-order valence-electron chi connectivity index (χ3n) is 5.78. The van der Waals surface area contributed by atoms with Crippen LogP contribution in [0.4, 0.5) is 0 Å². The quantitative estimate of drug-likeness (QED) is 0.848. The molecule has 3 nitrogen and oxygen atoms in total. The van der Waals surface area contributed by atoms with Crippen LogP contribution in [0.1, 0.15) is 63.9 Å². The monoisotopic (exact) mass is 331 g/mol. The molecule has 1 aromatic carbocycles. The number of benzene rings is 1. The molecule has 0 unspecified atom stereocenters. The van der Waals surface area contributed by atoms with E-state index in [4.69, 9.17) is 4.74 Å². The van der Waals surface area contributed by atoms with Crippen LogP contribution in [0.15, 0.2) is 24.3 Å². The van der Waals surface area contributed by atoms with Gasteiger partial charge in [-0.15, -0.1) is 0 Å². The molecule has 3 heteroatoms. The minimum atomic E-state index is -0.411. The van der Waals surface area contributed by atoms with Crippen molar-refractivity contribution in [2.75, 3.05) is 19.7 Å². The lowest BCUT2D eigenvalue weighted by Crippen LogP contribution is -2.50. The second-order valence-electron chi connectivity index (χ2n) is 7.91. The fraction of sp³-hybridized carbons (Fsp3) is 0.714. The predicted molar refractivity (Wildman–Crippen MR) is 98.6 cm³/mol. The van der Waals surface area contributed by atoms with Crippen LogP contribution < -0.4 is 4.74 Å². The van der Waals surface area contributed by atoms with Gasteiger partial charge in [-0.3, -0.25) is 4.90 Å². The van der Waals surface area contributed by atoms with Crippen molar-refractivity contribution < 1.29 is 9.84 Å². The summed E-state index contributed by atoms with van der Waals surface area (Å²) >= 11 is 0. The maximum absolute atomic E-state index is 10.5. The average molecular weight is 332 g/mol. The van der Waals surface area contributed by atoms with Crippen molar-refractivity contribution in [3.05, 3.63) is 29.8 Å². The van der Waals surface area contributed by atoms with Gasteiger partial charge in [0, 0.05) is 12.6 Å². The molecule has 1 aliphatic carbocycles. The van der Waals surface area contributed by atoms with Crippen LogP contribution in [-0.2, 0) is 0 Å². The molecule has 0 radical (unpaired) electrons. The van der Waals surface area contributed by atoms with Gasteiger partial charge in [0.1, 0.15) is 18.5 Å². The number of aliphatic hydroxyl groups excluding tert-OH is 1. The van der Waals surface area contributed by atoms with Gasteiger partial charge in [0.15, 0.2) is 0 Å². The number of likely N-dealkylation sites (tertiary alicyclic amines) is 1. The molecule has 1 heterocycles. The van der Waals surface area contributed by atoms with Gasteiger partial charge in [-0.25, -0.2) is 0 Å². The van der Waals surface area contributed by atoms with Crippen LogP contribution in [-0.4, -0.2) is 41.8 Å². The van der Waals surface area contributed by atoms with Gasteiger partial charge in [-0.05, 0) is 55.7 Å². The SMILES string of the molecule is CC(C)c1ccccc1OC[C@@H](O)CN1CCC[C@H]2CCCC[C@@H]21. The molecular formula is C21H33NO2. The van der Waals surface area contributed by atoms with Crippen LogP contribution in [0, 0.1) is 5.92 Å². The topological polar surface area (TPSA) is 32.7 Å². The van der Waals surface area contributed by atoms with Crippen molar-refractivity contribution in [2.24, 2.45) is 5.92 Å². The predicted octanol–water partition coefficient (Wildman–Crippen LogP) is 4.20. The van der Waals surface area contributed by atoms with Crippen LogP contribution in [0.3, 0.4) is 0 Å². The van der Waals surface area contributed by atoms with Crippen LogP contribution >= 0.6 is 0 Å². The Morgan fingerprint density at radius 3 is 2.71 bits per heavy atom. The second kappa shape index (κ2) is 8.35. The summed E-state index contributed by atoms with van der Waals surface area (Å²) in [4.78, 5) is 2.54. The lowest BCUT2D eigenvalue weighted by Gasteiger charge is -2.44. The third-order valence-corrected chi connectivity index (χ3v) is 5.78. The Bertz CT molecular complexity index is 514. The van der Waals surface area contributed by atoms with Gasteiger partial charge >= 0.3 is 0 Å². The molecule has 2 aliphatic rings. The zero-order valence-electron chi connectivity index (χ0n) is 15.3. The average Bonchev–Trinajstić information content (AvgIpc) is 2.60. The lowest BCUT2D eigenvalue weighted by molar-refractivity contribution is 0.00641. The first kappa shape index (κ1) is 17.8. The number of nitrogens with zero attached hydrogens (tertiary/aromatic N) is 1. The molecule has 2 fully saturated rings. The number of β-amino-alcohol motifs (C(OH)–C–C–N with tert-alkyl or cyclic N) is 1. The zero-order valence-corrected chi connectivity index (χ0v) is 15.3. The highest BCUT2D eigenvalue weighted by Gasteiger charge is 2.33. The van der Waals surface area contributed by atoms with E-state index in [1.807, 2.05) is 12.1 Å². The summed E-state index contributed by atoms with van der Waals surface area (Å²) in [5.74, 6) is 2.21. The van der Waals surface area contributed by atoms with E-state index in [-0.39, 0.29) is 0 Å². The summed E-state index contributed by atoms with van der Waals surface area (Å²) in [6.07, 6.45) is 7.70. The normalized spacial score (nSPS) is 26.2. The van der Waals surface area contributed by atoms with Crippen molar-refractivity contribution >= 4 is 0 Å². The van der Waals surface area contributed by atoms with E-state index in [1.54, 1.807) is 0 Å². The lowest BCUT2D eigenvalue weighted by atomic mass is 9.78. The van der Waals surface area contributed by atoms with Crippen molar-refractivity contribution in [3.63, 3.8) is 0 Å². The van der Waals surface area contributed by atoms with Crippen LogP contribution in [0.2, 0.25) is 0 Å². The van der Waals surface area contributed by atoms with Crippen molar-refractivity contribution in [1.29, 1.82) is 0 Å². The number of ether oxygens (including phenoxy) is 1. The fourth-order valence-corrected chi connectivity index (χ4v) is 4.55. The van der Waals surface area contributed by atoms with Gasteiger partial charge in [-0.1, -0.05) is 44.9 Å². The van der Waals surface area contributed by atoms with E-state index in [0.29, 0.717) is 18.6 Å². The van der Waals surface area contributed by atoms with Crippen LogP contribution in [0.25, 0.3) is 0 Å². The number of hydrogen-bond donors (Lipinski definition) is 1. The summed E-state index contributed by atoms with van der Waals surface area (Å²) < 4.78 is 5.96. The van der Waals surface area contributed by atoms with Crippen molar-refractivity contribution in [3.8, 4) is 5.75 Å². The Kier molecular flexibility index (Phi) is 6.18. The standard InChI is InChI=1S/C21H33NO2/c1-16(2)19-10-4-6-12-21(19)24-15-18(23)14-22-13-7-9-17-8-3-5-11-20(17)22/h4,6,10,12,16-18,20,23H,3,5,7-9,11,13-15H2,1-2H3/t17-,18+,20+/m1/s1. The first-order chi connectivity index (χ1) is 11.6. The van der Waals surface area contributed by atoms with E-state index in [0.717, 1.165) is 24.8 Å². The Morgan fingerprint density at radius 2 is 1.88 bits per heavy atom. The van der Waals surface area contributed by atoms with Crippen molar-refractivity contribution in [1.82, 2.24) is 4.90 Å². The van der Waals surface area contributed by atoms with E-state index < -0.39 is 6.10 Å². The molecule has 24 heavy (non-hydrogen) atoms. The van der Waals surface area contributed by atoms with Gasteiger partial charge in [0.2, 0.25) is 0 Å². The Balaban J connectivity index is 1.53. The first-order valence-corrected chi connectivity index (χ1v) is 9.79. The fourth-order valence-electron chi connectivity index (χ4n) is 4.55. The molecule has 1 N–H and O–H groups in total. The van der Waals surface area contributed by atoms with E-state index >= 15 is 0 Å². The van der Waals surface area contributed by atoms with Crippen molar-refractivity contribution in [2.45, 2.75) is 70.4 Å². The van der Waals surface area contributed by atoms with Gasteiger partial charge < -0.3 is 9.84 Å². The van der Waals surface area contributed by atoms with E-state index in [1.165, 1.54) is 44.1 Å². The number of para-hydroxylation sites is 1. The summed E-state index contributed by atoms with van der Waals surface area (Å²) in [6, 6.07) is 8.88. The Morgan fingerprint density at radius 1 is 1.12 bits per heavy atom. The van der Waals surface area contributed by atoms with Gasteiger partial charge in [0.25, 0.3) is 0 Å². The molecule has 0 aromatic heterocycles. The number of rotatable bonds is 6. The second-order valence-corrected chi connectivity index (χ2v) is 7.91. The summed E-state index contributed by atoms with van der Waals surface area (Å²) in [7, 11) is 0. The Hall–Kier alpha value is -1.06. The molecule has 1 saturated carbocycles. The number of fused-ring (bicyclic) bond motifs is 1. The zero-order chi connectivity index (χ0) is 16.9. The molecule has 0 bridgehead atoms. The highest BCUT2D eigenvalue weighted by atomic mass is 16.5. The summed E-state index contributed by atoms with van der Waals surface area (Å²) in [6.45, 7) is 6.63. The molecule has 1 saturated heterocycles. The van der Waals surface area contributed by atoms with E-state index in [2.05, 4.69) is 30.9 Å². The van der Waals surface area contributed by atoms with Gasteiger partial charge in [-0.2, -0.15) is 0 Å². The highest BCUT2D eigenvalue weighted by Crippen LogP contribution is 2.35. The molecule has 0 amide bonds. The maximum Gasteiger partial charge on any atom is 0.122 e. The first-order valence-electron chi connectivity index (χ1n) is 9.79. The maximum atomic E-state index is 10.5. The minimum Gasteiger partial charge on any atom is -0.491 e. The number of piperidine rings is 1. The molecule has 1 aromatic rings. The molecule has 0 spiro atoms. The third kappa shape index (κ3) is 4.31. The number of hydrogen-bond acceptors (Lipinski definition) is 3. The smallest absolute Gasteiger partial charge is 0.122 e. The largest absolute Gasteiger partial charge is 0.491 e. The summed E-state index contributed by atoms with van der Waals surface area (Å²) in [5.41, 5.74) is 1.22. The molecule has 3 rings (SSSR count). The molecule has 3 atom stereocenters. The summed E-state index contributed by atoms with van der Waals surface area (Å²) in [5, 5.41) is 10.5. The minimum absolute atomic E-state index is 0.387. The van der Waals surface area contributed by atoms with E-state index in [9.17, 15) is 5.11 Å². The Labute approximate surface area is 147 Å². The van der Waals surface area contributed by atoms with Crippen LogP contribution in [0.5, 0.6) is 5.75 Å². The van der Waals surface area contributed by atoms with Gasteiger partial charge in [0.05, 0.1) is 0 Å². The number of aliphatic hydroxyl groups is 1. The highest BCUT2D eigenvalue weighted by molar-refractivity contribution is 5.35. The molecular weight excluding hydrogens is 298 g/mol. The molecule has 134 valence electrons. The molecule has 1 aliphatic heterocycles.